The lowest BCUT2D eigenvalue weighted by Gasteiger charge is -2.07. The van der Waals surface area contributed by atoms with Crippen LogP contribution in [0.4, 0.5) is 5.69 Å². The molecule has 13 heavy (non-hydrogen) atoms. The Morgan fingerprint density at radius 1 is 1.62 bits per heavy atom. The number of nitrogens with two attached hydrogens (primary N) is 1. The van der Waals surface area contributed by atoms with E-state index in [4.69, 9.17) is 10.5 Å². The van der Waals surface area contributed by atoms with Crippen LogP contribution in [0.2, 0.25) is 0 Å². The summed E-state index contributed by atoms with van der Waals surface area (Å²) in [7, 11) is 1.51. The SMILES string of the molecule is COc1nc(C(C)=O)c(N)cc1C. The Hall–Kier alpha value is -1.58. The lowest BCUT2D eigenvalue weighted by atomic mass is 10.2. The zero-order valence-electron chi connectivity index (χ0n) is 7.92. The number of pyridine rings is 1. The van der Waals surface area contributed by atoms with Gasteiger partial charge < -0.3 is 10.5 Å². The van der Waals surface area contributed by atoms with Crippen LogP contribution in [0.1, 0.15) is 23.0 Å². The van der Waals surface area contributed by atoms with Crippen LogP contribution in [0, 0.1) is 6.92 Å². The second-order valence-corrected chi connectivity index (χ2v) is 2.81. The molecule has 0 aliphatic rings. The van der Waals surface area contributed by atoms with Crippen molar-refractivity contribution in [1.29, 1.82) is 0 Å². The first-order valence-electron chi connectivity index (χ1n) is 3.88. The van der Waals surface area contributed by atoms with Gasteiger partial charge in [0.25, 0.3) is 0 Å². The summed E-state index contributed by atoms with van der Waals surface area (Å²) in [4.78, 5) is 15.0. The third-order valence-electron chi connectivity index (χ3n) is 1.72. The van der Waals surface area contributed by atoms with Crippen LogP contribution < -0.4 is 10.5 Å². The number of hydrogen-bond acceptors (Lipinski definition) is 4. The van der Waals surface area contributed by atoms with Gasteiger partial charge in [0.15, 0.2) is 5.78 Å². The van der Waals surface area contributed by atoms with Crippen molar-refractivity contribution < 1.29 is 9.53 Å². The highest BCUT2D eigenvalue weighted by molar-refractivity contribution is 5.97. The molecule has 1 heterocycles. The molecule has 0 radical (unpaired) electrons. The summed E-state index contributed by atoms with van der Waals surface area (Å²) in [5.74, 6) is 0.287. The van der Waals surface area contributed by atoms with Gasteiger partial charge in [0.05, 0.1) is 12.8 Å². The molecule has 0 spiro atoms. The monoisotopic (exact) mass is 180 g/mol. The lowest BCUT2D eigenvalue weighted by molar-refractivity contribution is 0.101. The summed E-state index contributed by atoms with van der Waals surface area (Å²) in [5.41, 5.74) is 7.09. The molecule has 0 amide bonds. The number of carbonyl (C=O) groups is 1. The minimum atomic E-state index is -0.157. The van der Waals surface area contributed by atoms with Gasteiger partial charge in [0, 0.05) is 12.5 Å². The molecular weight excluding hydrogens is 168 g/mol. The van der Waals surface area contributed by atoms with E-state index < -0.39 is 0 Å². The number of Topliss-reactive ketones (excluding diaryl/α,β-unsaturated/α-hetero) is 1. The summed E-state index contributed by atoms with van der Waals surface area (Å²) < 4.78 is 4.97. The van der Waals surface area contributed by atoms with Crippen molar-refractivity contribution in [3.8, 4) is 5.88 Å². The minimum absolute atomic E-state index is 0.157. The average Bonchev–Trinajstić information content (AvgIpc) is 2.03. The number of nitrogen functional groups attached to an aromatic ring is 1. The van der Waals surface area contributed by atoms with Crippen molar-refractivity contribution in [3.63, 3.8) is 0 Å². The smallest absolute Gasteiger partial charge is 0.216 e. The highest BCUT2D eigenvalue weighted by Crippen LogP contribution is 2.20. The topological polar surface area (TPSA) is 65.2 Å². The quantitative estimate of drug-likeness (QED) is 0.694. The zero-order chi connectivity index (χ0) is 10.0. The predicted octanol–water partition coefficient (Wildman–Crippen LogP) is 1.18. The van der Waals surface area contributed by atoms with Gasteiger partial charge in [-0.25, -0.2) is 4.98 Å². The Morgan fingerprint density at radius 2 is 2.23 bits per heavy atom. The second-order valence-electron chi connectivity index (χ2n) is 2.81. The van der Waals surface area contributed by atoms with Gasteiger partial charge in [-0.3, -0.25) is 4.79 Å². The van der Waals surface area contributed by atoms with Crippen LogP contribution in [-0.4, -0.2) is 17.9 Å². The first-order chi connectivity index (χ1) is 6.06. The third-order valence-corrected chi connectivity index (χ3v) is 1.72. The fraction of sp³-hybridized carbons (Fsp3) is 0.333. The largest absolute Gasteiger partial charge is 0.481 e. The molecule has 70 valence electrons. The summed E-state index contributed by atoms with van der Waals surface area (Å²) in [6, 6.07) is 1.68. The van der Waals surface area contributed by atoms with Crippen LogP contribution in [0.3, 0.4) is 0 Å². The number of nitrogens with zero attached hydrogens (tertiary/aromatic N) is 1. The van der Waals surface area contributed by atoms with Crippen molar-refractivity contribution >= 4 is 11.5 Å². The summed E-state index contributed by atoms with van der Waals surface area (Å²) in [5, 5.41) is 0. The lowest BCUT2D eigenvalue weighted by Crippen LogP contribution is -2.05. The fourth-order valence-corrected chi connectivity index (χ4v) is 1.11. The van der Waals surface area contributed by atoms with Gasteiger partial charge in [-0.15, -0.1) is 0 Å². The molecule has 0 aliphatic heterocycles. The van der Waals surface area contributed by atoms with Gasteiger partial charge in [-0.2, -0.15) is 0 Å². The molecule has 0 saturated carbocycles. The normalized spacial score (nSPS) is 9.77. The summed E-state index contributed by atoms with van der Waals surface area (Å²) in [6.07, 6.45) is 0. The van der Waals surface area contributed by atoms with Gasteiger partial charge in [-0.05, 0) is 13.0 Å². The number of aryl methyl sites for hydroxylation is 1. The van der Waals surface area contributed by atoms with E-state index >= 15 is 0 Å². The highest BCUT2D eigenvalue weighted by atomic mass is 16.5. The average molecular weight is 180 g/mol. The molecule has 0 bridgehead atoms. The van der Waals surface area contributed by atoms with Gasteiger partial charge >= 0.3 is 0 Å². The molecule has 0 unspecified atom stereocenters. The molecule has 0 saturated heterocycles. The molecule has 4 heteroatoms. The number of methoxy groups -OCH3 is 1. The molecular formula is C9H12N2O2. The Balaban J connectivity index is 3.30. The Morgan fingerprint density at radius 3 is 2.69 bits per heavy atom. The molecule has 1 aromatic heterocycles. The minimum Gasteiger partial charge on any atom is -0.481 e. The van der Waals surface area contributed by atoms with E-state index in [-0.39, 0.29) is 11.5 Å². The summed E-state index contributed by atoms with van der Waals surface area (Å²) in [6.45, 7) is 3.25. The zero-order valence-corrected chi connectivity index (χ0v) is 7.92. The Bertz CT molecular complexity index is 348. The predicted molar refractivity (Wildman–Crippen MR) is 49.9 cm³/mol. The highest BCUT2D eigenvalue weighted by Gasteiger charge is 2.10. The van der Waals surface area contributed by atoms with E-state index in [9.17, 15) is 4.79 Å². The molecule has 0 aliphatic carbocycles. The Labute approximate surface area is 76.7 Å². The molecule has 0 atom stereocenters. The van der Waals surface area contributed by atoms with Crippen LogP contribution in [-0.2, 0) is 0 Å². The van der Waals surface area contributed by atoms with E-state index in [0.29, 0.717) is 11.6 Å². The van der Waals surface area contributed by atoms with Crippen molar-refractivity contribution in [2.75, 3.05) is 12.8 Å². The van der Waals surface area contributed by atoms with Crippen LogP contribution in [0.15, 0.2) is 6.07 Å². The van der Waals surface area contributed by atoms with Gasteiger partial charge in [-0.1, -0.05) is 0 Å². The maximum atomic E-state index is 11.0. The van der Waals surface area contributed by atoms with E-state index in [1.165, 1.54) is 14.0 Å². The summed E-state index contributed by atoms with van der Waals surface area (Å²) >= 11 is 0. The number of rotatable bonds is 2. The number of carbonyl (C=O) groups excluding carboxylic acids is 1. The third kappa shape index (κ3) is 1.77. The van der Waals surface area contributed by atoms with E-state index in [0.717, 1.165) is 5.56 Å². The Kier molecular flexibility index (Phi) is 2.51. The van der Waals surface area contributed by atoms with Crippen molar-refractivity contribution in [2.45, 2.75) is 13.8 Å². The van der Waals surface area contributed by atoms with Crippen molar-refractivity contribution in [3.05, 3.63) is 17.3 Å². The molecule has 0 aromatic carbocycles. The standard InChI is InChI=1S/C9H12N2O2/c1-5-4-7(10)8(6(2)12)11-9(5)13-3/h4H,10H2,1-3H3. The molecule has 1 rings (SSSR count). The second kappa shape index (κ2) is 3.43. The first kappa shape index (κ1) is 9.51. The first-order valence-corrected chi connectivity index (χ1v) is 3.88. The maximum absolute atomic E-state index is 11.0. The molecule has 0 fully saturated rings. The number of aromatic nitrogens is 1. The molecule has 2 N–H and O–H groups in total. The van der Waals surface area contributed by atoms with Crippen molar-refractivity contribution in [2.24, 2.45) is 0 Å². The maximum Gasteiger partial charge on any atom is 0.216 e. The fourth-order valence-electron chi connectivity index (χ4n) is 1.11. The van der Waals surface area contributed by atoms with E-state index in [1.54, 1.807) is 6.07 Å². The van der Waals surface area contributed by atoms with E-state index in [1.807, 2.05) is 6.92 Å². The molecule has 1 aromatic rings. The van der Waals surface area contributed by atoms with Crippen LogP contribution >= 0.6 is 0 Å². The van der Waals surface area contributed by atoms with Gasteiger partial charge in [0.1, 0.15) is 5.69 Å². The van der Waals surface area contributed by atoms with Crippen LogP contribution in [0.5, 0.6) is 5.88 Å². The van der Waals surface area contributed by atoms with Crippen LogP contribution in [0.25, 0.3) is 0 Å². The molecule has 4 nitrogen and oxygen atoms in total. The number of anilines is 1. The van der Waals surface area contributed by atoms with Gasteiger partial charge in [0.2, 0.25) is 5.88 Å². The number of ketones is 1. The van der Waals surface area contributed by atoms with Crippen molar-refractivity contribution in [1.82, 2.24) is 4.98 Å². The number of hydrogen-bond donors (Lipinski definition) is 1. The number of ether oxygens (including phenoxy) is 1. The van der Waals surface area contributed by atoms with E-state index in [2.05, 4.69) is 4.98 Å².